The number of likely N-dealkylation sites (N-methyl/N-ethyl adjacent to an activating group) is 1. The Balaban J connectivity index is 1.91. The van der Waals surface area contributed by atoms with Crippen molar-refractivity contribution < 1.29 is 0 Å². The Kier molecular flexibility index (Phi) is 4.53. The molecule has 0 bridgehead atoms. The first-order valence-electron chi connectivity index (χ1n) is 6.56. The van der Waals surface area contributed by atoms with E-state index in [0.717, 1.165) is 31.7 Å². The van der Waals surface area contributed by atoms with Gasteiger partial charge in [-0.25, -0.2) is 0 Å². The first-order chi connectivity index (χ1) is 8.78. The first kappa shape index (κ1) is 12.8. The van der Waals surface area contributed by atoms with Gasteiger partial charge in [-0.1, -0.05) is 31.2 Å². The van der Waals surface area contributed by atoms with E-state index in [-0.39, 0.29) is 0 Å². The van der Waals surface area contributed by atoms with Crippen molar-refractivity contribution in [3.05, 3.63) is 53.3 Å². The zero-order valence-corrected chi connectivity index (χ0v) is 11.2. The lowest BCUT2D eigenvalue weighted by atomic mass is 10.1. The molecule has 1 aromatic carbocycles. The molecule has 0 unspecified atom stereocenters. The van der Waals surface area contributed by atoms with Crippen molar-refractivity contribution >= 4 is 0 Å². The molecular formula is C15H21N3. The smallest absolute Gasteiger partial charge is 0.0659 e. The van der Waals surface area contributed by atoms with Crippen LogP contribution in [0.3, 0.4) is 0 Å². The van der Waals surface area contributed by atoms with E-state index in [2.05, 4.69) is 41.6 Å². The van der Waals surface area contributed by atoms with Crippen molar-refractivity contribution in [3.63, 3.8) is 0 Å². The van der Waals surface area contributed by atoms with E-state index < -0.39 is 0 Å². The molecule has 0 saturated carbocycles. The number of hydrogen-bond donors (Lipinski definition) is 1. The highest BCUT2D eigenvalue weighted by Gasteiger charge is 1.98. The number of aromatic nitrogens is 2. The van der Waals surface area contributed by atoms with Crippen LogP contribution in [0.25, 0.3) is 0 Å². The second-order valence-electron chi connectivity index (χ2n) is 4.57. The summed E-state index contributed by atoms with van der Waals surface area (Å²) in [5.41, 5.74) is 3.75. The van der Waals surface area contributed by atoms with Crippen LogP contribution < -0.4 is 5.32 Å². The highest BCUT2D eigenvalue weighted by Crippen LogP contribution is 2.07. The summed E-state index contributed by atoms with van der Waals surface area (Å²) in [4.78, 5) is 0. The standard InChI is InChI=1S/C15H21N3/c1-3-16-10-8-14-4-6-15(7-5-14)12-18-11-9-13(2)17-18/h4-7,9,11,16H,3,8,10,12H2,1-2H3. The van der Waals surface area contributed by atoms with Gasteiger partial charge in [-0.2, -0.15) is 5.10 Å². The Morgan fingerprint density at radius 3 is 2.44 bits per heavy atom. The molecule has 0 saturated heterocycles. The maximum Gasteiger partial charge on any atom is 0.0659 e. The summed E-state index contributed by atoms with van der Waals surface area (Å²) in [6, 6.07) is 10.8. The Morgan fingerprint density at radius 1 is 1.11 bits per heavy atom. The molecule has 0 spiro atoms. The molecule has 3 heteroatoms. The molecule has 0 aliphatic carbocycles. The van der Waals surface area contributed by atoms with Crippen LogP contribution in [-0.4, -0.2) is 22.9 Å². The summed E-state index contributed by atoms with van der Waals surface area (Å²) in [6.45, 7) is 7.09. The predicted octanol–water partition coefficient (Wildman–Crippen LogP) is 2.39. The number of aryl methyl sites for hydroxylation is 1. The molecule has 0 fully saturated rings. The summed E-state index contributed by atoms with van der Waals surface area (Å²) >= 11 is 0. The van der Waals surface area contributed by atoms with Gasteiger partial charge in [0, 0.05) is 6.20 Å². The van der Waals surface area contributed by atoms with Gasteiger partial charge in [-0.05, 0) is 43.6 Å². The quantitative estimate of drug-likeness (QED) is 0.790. The van der Waals surface area contributed by atoms with E-state index in [1.54, 1.807) is 0 Å². The Labute approximate surface area is 109 Å². The molecule has 1 heterocycles. The maximum atomic E-state index is 4.40. The molecule has 1 N–H and O–H groups in total. The highest BCUT2D eigenvalue weighted by molar-refractivity contribution is 5.23. The van der Waals surface area contributed by atoms with Crippen molar-refractivity contribution in [2.75, 3.05) is 13.1 Å². The third-order valence-corrected chi connectivity index (χ3v) is 2.98. The summed E-state index contributed by atoms with van der Waals surface area (Å²) in [5, 5.41) is 7.74. The van der Waals surface area contributed by atoms with E-state index in [0.29, 0.717) is 0 Å². The number of nitrogens with zero attached hydrogens (tertiary/aromatic N) is 2. The van der Waals surface area contributed by atoms with E-state index in [9.17, 15) is 0 Å². The van der Waals surface area contributed by atoms with Crippen molar-refractivity contribution in [3.8, 4) is 0 Å². The minimum Gasteiger partial charge on any atom is -0.317 e. The molecular weight excluding hydrogens is 222 g/mol. The summed E-state index contributed by atoms with van der Waals surface area (Å²) in [5.74, 6) is 0. The zero-order chi connectivity index (χ0) is 12.8. The van der Waals surface area contributed by atoms with Gasteiger partial charge in [0.25, 0.3) is 0 Å². The summed E-state index contributed by atoms with van der Waals surface area (Å²) in [7, 11) is 0. The third kappa shape index (κ3) is 3.70. The van der Waals surface area contributed by atoms with Gasteiger partial charge in [0.2, 0.25) is 0 Å². The fraction of sp³-hybridized carbons (Fsp3) is 0.400. The van der Waals surface area contributed by atoms with Gasteiger partial charge in [0.1, 0.15) is 0 Å². The highest BCUT2D eigenvalue weighted by atomic mass is 15.3. The molecule has 0 aliphatic heterocycles. The molecule has 2 rings (SSSR count). The third-order valence-electron chi connectivity index (χ3n) is 2.98. The monoisotopic (exact) mass is 243 g/mol. The lowest BCUT2D eigenvalue weighted by Gasteiger charge is -2.05. The minimum absolute atomic E-state index is 0.849. The van der Waals surface area contributed by atoms with Gasteiger partial charge in [0.05, 0.1) is 12.2 Å². The van der Waals surface area contributed by atoms with Crippen LogP contribution in [0.1, 0.15) is 23.7 Å². The van der Waals surface area contributed by atoms with Crippen LogP contribution in [0.15, 0.2) is 36.5 Å². The number of nitrogens with one attached hydrogen (secondary N) is 1. The van der Waals surface area contributed by atoms with Crippen LogP contribution in [0, 0.1) is 6.92 Å². The molecule has 96 valence electrons. The fourth-order valence-electron chi connectivity index (χ4n) is 1.96. The fourth-order valence-corrected chi connectivity index (χ4v) is 1.96. The molecule has 0 amide bonds. The van der Waals surface area contributed by atoms with E-state index in [1.807, 2.05) is 23.9 Å². The lowest BCUT2D eigenvalue weighted by Crippen LogP contribution is -2.16. The molecule has 2 aromatic rings. The van der Waals surface area contributed by atoms with Crippen molar-refractivity contribution in [2.24, 2.45) is 0 Å². The van der Waals surface area contributed by atoms with Gasteiger partial charge in [-0.15, -0.1) is 0 Å². The second kappa shape index (κ2) is 6.36. The topological polar surface area (TPSA) is 29.9 Å². The van der Waals surface area contributed by atoms with E-state index in [1.165, 1.54) is 11.1 Å². The average molecular weight is 243 g/mol. The first-order valence-corrected chi connectivity index (χ1v) is 6.56. The number of rotatable bonds is 6. The molecule has 3 nitrogen and oxygen atoms in total. The Morgan fingerprint density at radius 2 is 1.83 bits per heavy atom. The van der Waals surface area contributed by atoms with Crippen LogP contribution >= 0.6 is 0 Å². The van der Waals surface area contributed by atoms with Gasteiger partial charge < -0.3 is 5.32 Å². The largest absolute Gasteiger partial charge is 0.317 e. The van der Waals surface area contributed by atoms with E-state index >= 15 is 0 Å². The second-order valence-corrected chi connectivity index (χ2v) is 4.57. The normalized spacial score (nSPS) is 10.8. The molecule has 0 radical (unpaired) electrons. The van der Waals surface area contributed by atoms with Crippen LogP contribution in [0.5, 0.6) is 0 Å². The zero-order valence-electron chi connectivity index (χ0n) is 11.2. The van der Waals surface area contributed by atoms with Crippen molar-refractivity contribution in [1.82, 2.24) is 15.1 Å². The summed E-state index contributed by atoms with van der Waals surface area (Å²) < 4.78 is 1.98. The molecule has 1 aromatic heterocycles. The van der Waals surface area contributed by atoms with Crippen LogP contribution in [0.2, 0.25) is 0 Å². The van der Waals surface area contributed by atoms with Crippen molar-refractivity contribution in [2.45, 2.75) is 26.8 Å². The maximum absolute atomic E-state index is 4.40. The number of hydrogen-bond acceptors (Lipinski definition) is 2. The minimum atomic E-state index is 0.849. The molecule has 0 aliphatic rings. The van der Waals surface area contributed by atoms with E-state index in [4.69, 9.17) is 0 Å². The van der Waals surface area contributed by atoms with Gasteiger partial charge in [-0.3, -0.25) is 4.68 Å². The lowest BCUT2D eigenvalue weighted by molar-refractivity contribution is 0.678. The number of benzene rings is 1. The van der Waals surface area contributed by atoms with Gasteiger partial charge in [0.15, 0.2) is 0 Å². The Hall–Kier alpha value is -1.61. The summed E-state index contributed by atoms with van der Waals surface area (Å²) in [6.07, 6.45) is 3.11. The molecule has 0 atom stereocenters. The van der Waals surface area contributed by atoms with Crippen molar-refractivity contribution in [1.29, 1.82) is 0 Å². The average Bonchev–Trinajstić information content (AvgIpc) is 2.77. The SMILES string of the molecule is CCNCCc1ccc(Cn2ccc(C)n2)cc1. The van der Waals surface area contributed by atoms with Crippen LogP contribution in [-0.2, 0) is 13.0 Å². The molecule has 18 heavy (non-hydrogen) atoms. The van der Waals surface area contributed by atoms with Gasteiger partial charge >= 0.3 is 0 Å². The van der Waals surface area contributed by atoms with Crippen LogP contribution in [0.4, 0.5) is 0 Å². The predicted molar refractivity (Wildman–Crippen MR) is 74.8 cm³/mol. The Bertz CT molecular complexity index is 471.